The molecule has 0 spiro atoms. The van der Waals surface area contributed by atoms with Crippen LogP contribution in [0.15, 0.2) is 59.6 Å². The van der Waals surface area contributed by atoms with Crippen LogP contribution in [0, 0.1) is 10.1 Å². The molecule has 0 aromatic heterocycles. The Bertz CT molecular complexity index is 938. The Kier molecular flexibility index (Phi) is 3.95. The molecule has 0 heterocycles. The van der Waals surface area contributed by atoms with E-state index in [-0.39, 0.29) is 16.5 Å². The minimum absolute atomic E-state index is 0.0574. The molecule has 0 radical (unpaired) electrons. The van der Waals surface area contributed by atoms with Gasteiger partial charge in [-0.3, -0.25) is 15.1 Å². The van der Waals surface area contributed by atoms with Gasteiger partial charge in [0.15, 0.2) is 0 Å². The lowest BCUT2D eigenvalue weighted by Gasteiger charge is -2.04. The Morgan fingerprint density at radius 1 is 1.13 bits per heavy atom. The van der Waals surface area contributed by atoms with Gasteiger partial charge in [0.1, 0.15) is 10.8 Å². The molecule has 0 saturated carbocycles. The second-order valence-electron chi connectivity index (χ2n) is 4.87. The van der Waals surface area contributed by atoms with Crippen molar-refractivity contribution < 1.29 is 10.0 Å². The van der Waals surface area contributed by atoms with Gasteiger partial charge in [-0.15, -0.1) is 0 Å². The second kappa shape index (κ2) is 6.06. The van der Waals surface area contributed by atoms with Crippen molar-refractivity contribution in [2.75, 3.05) is 0 Å². The van der Waals surface area contributed by atoms with Crippen LogP contribution in [0.25, 0.3) is 10.8 Å². The van der Waals surface area contributed by atoms with E-state index in [1.54, 1.807) is 12.1 Å². The van der Waals surface area contributed by atoms with Crippen LogP contribution >= 0.6 is 11.6 Å². The second-order valence-corrected chi connectivity index (χ2v) is 5.28. The summed E-state index contributed by atoms with van der Waals surface area (Å²) < 4.78 is 0. The molecule has 0 unspecified atom stereocenters. The first-order valence-corrected chi connectivity index (χ1v) is 7.13. The molecular weight excluding hydrogens is 316 g/mol. The summed E-state index contributed by atoms with van der Waals surface area (Å²) in [5, 5.41) is 22.8. The summed E-state index contributed by atoms with van der Waals surface area (Å²) in [4.78, 5) is 14.6. The van der Waals surface area contributed by atoms with Gasteiger partial charge in [0.05, 0.1) is 10.6 Å². The third kappa shape index (κ3) is 3.00. The monoisotopic (exact) mass is 326 g/mol. The average molecular weight is 327 g/mol. The molecule has 0 fully saturated rings. The zero-order valence-corrected chi connectivity index (χ0v) is 12.6. The van der Waals surface area contributed by atoms with E-state index in [1.807, 2.05) is 30.3 Å². The third-order valence-corrected chi connectivity index (χ3v) is 3.74. The molecule has 0 aliphatic rings. The van der Waals surface area contributed by atoms with Gasteiger partial charge in [0.25, 0.3) is 5.69 Å². The van der Waals surface area contributed by atoms with E-state index in [0.717, 1.165) is 10.8 Å². The van der Waals surface area contributed by atoms with E-state index in [2.05, 4.69) is 4.99 Å². The summed E-state index contributed by atoms with van der Waals surface area (Å²) in [6, 6.07) is 15.3. The summed E-state index contributed by atoms with van der Waals surface area (Å²) >= 11 is 5.78. The maximum atomic E-state index is 10.9. The molecular formula is C17H11ClN2O3. The number of nitrogens with zero attached hydrogens (tertiary/aromatic N) is 2. The van der Waals surface area contributed by atoms with Crippen molar-refractivity contribution in [1.82, 2.24) is 0 Å². The third-order valence-electron chi connectivity index (χ3n) is 3.42. The number of hydrogen-bond acceptors (Lipinski definition) is 4. The number of fused-ring (bicyclic) bond motifs is 1. The average Bonchev–Trinajstić information content (AvgIpc) is 2.55. The summed E-state index contributed by atoms with van der Waals surface area (Å²) in [5.74, 6) is 0.0934. The normalized spacial score (nSPS) is 11.2. The first-order valence-electron chi connectivity index (χ1n) is 6.75. The van der Waals surface area contributed by atoms with Crippen molar-refractivity contribution in [1.29, 1.82) is 0 Å². The number of nitro groups is 1. The Morgan fingerprint density at radius 2 is 1.91 bits per heavy atom. The molecule has 0 saturated heterocycles. The topological polar surface area (TPSA) is 75.7 Å². The Labute approximate surface area is 136 Å². The fourth-order valence-corrected chi connectivity index (χ4v) is 2.47. The first-order chi connectivity index (χ1) is 11.1. The highest BCUT2D eigenvalue weighted by Crippen LogP contribution is 2.30. The fourth-order valence-electron chi connectivity index (χ4n) is 2.28. The molecule has 3 rings (SSSR count). The molecule has 114 valence electrons. The maximum absolute atomic E-state index is 10.9. The quantitative estimate of drug-likeness (QED) is 0.424. The van der Waals surface area contributed by atoms with Gasteiger partial charge >= 0.3 is 0 Å². The fraction of sp³-hybridized carbons (Fsp3) is 0. The highest BCUT2D eigenvalue weighted by molar-refractivity contribution is 6.32. The number of rotatable bonds is 3. The molecule has 0 aliphatic heterocycles. The van der Waals surface area contributed by atoms with E-state index in [1.165, 1.54) is 18.3 Å². The van der Waals surface area contributed by atoms with Crippen LogP contribution in [0.3, 0.4) is 0 Å². The lowest BCUT2D eigenvalue weighted by Crippen LogP contribution is -1.89. The molecule has 3 aromatic rings. The van der Waals surface area contributed by atoms with Crippen molar-refractivity contribution in [2.24, 2.45) is 4.99 Å². The zero-order valence-electron chi connectivity index (χ0n) is 11.8. The molecule has 3 aromatic carbocycles. The van der Waals surface area contributed by atoms with Crippen LogP contribution < -0.4 is 0 Å². The standard InChI is InChI=1S/C17H11ClN2O3/c18-15-7-6-12(9-16(15)20(22)23)19-10-14-13-4-2-1-3-11(13)5-8-17(14)21/h1-10,21H. The molecule has 0 atom stereocenters. The number of hydrogen-bond donors (Lipinski definition) is 1. The predicted octanol–water partition coefficient (Wildman–Crippen LogP) is 4.86. The lowest BCUT2D eigenvalue weighted by molar-refractivity contribution is -0.384. The smallest absolute Gasteiger partial charge is 0.290 e. The highest BCUT2D eigenvalue weighted by Gasteiger charge is 2.12. The van der Waals surface area contributed by atoms with E-state index < -0.39 is 4.92 Å². The minimum atomic E-state index is -0.559. The van der Waals surface area contributed by atoms with E-state index in [0.29, 0.717) is 11.3 Å². The number of phenolic OH excluding ortho intramolecular Hbond substituents is 1. The van der Waals surface area contributed by atoms with Crippen molar-refractivity contribution >= 4 is 40.0 Å². The summed E-state index contributed by atoms with van der Waals surface area (Å²) in [6.07, 6.45) is 1.49. The van der Waals surface area contributed by atoms with E-state index in [9.17, 15) is 15.2 Å². The van der Waals surface area contributed by atoms with Crippen molar-refractivity contribution in [3.63, 3.8) is 0 Å². The Morgan fingerprint density at radius 3 is 2.70 bits per heavy atom. The molecule has 5 nitrogen and oxygen atoms in total. The predicted molar refractivity (Wildman–Crippen MR) is 91.0 cm³/mol. The van der Waals surface area contributed by atoms with Crippen LogP contribution in [0.1, 0.15) is 5.56 Å². The molecule has 0 bridgehead atoms. The van der Waals surface area contributed by atoms with Crippen LogP contribution in [-0.4, -0.2) is 16.2 Å². The molecule has 0 amide bonds. The van der Waals surface area contributed by atoms with Crippen molar-refractivity contribution in [3.8, 4) is 5.75 Å². The summed E-state index contributed by atoms with van der Waals surface area (Å²) in [7, 11) is 0. The van der Waals surface area contributed by atoms with Gasteiger partial charge in [0, 0.05) is 17.8 Å². The van der Waals surface area contributed by atoms with Gasteiger partial charge in [-0.25, -0.2) is 0 Å². The number of nitro benzene ring substituents is 1. The number of aromatic hydroxyl groups is 1. The number of phenols is 1. The SMILES string of the molecule is O=[N+]([O-])c1cc(N=Cc2c(O)ccc3ccccc23)ccc1Cl. The van der Waals surface area contributed by atoms with E-state index in [4.69, 9.17) is 11.6 Å². The van der Waals surface area contributed by atoms with Gasteiger partial charge in [0.2, 0.25) is 0 Å². The summed E-state index contributed by atoms with van der Waals surface area (Å²) in [5.41, 5.74) is 0.734. The van der Waals surface area contributed by atoms with Gasteiger partial charge in [-0.2, -0.15) is 0 Å². The van der Waals surface area contributed by atoms with Crippen LogP contribution in [0.2, 0.25) is 5.02 Å². The summed E-state index contributed by atoms with van der Waals surface area (Å²) in [6.45, 7) is 0. The number of aliphatic imine (C=N–C) groups is 1. The largest absolute Gasteiger partial charge is 0.507 e. The van der Waals surface area contributed by atoms with Gasteiger partial charge in [-0.05, 0) is 29.0 Å². The van der Waals surface area contributed by atoms with Crippen molar-refractivity contribution in [2.45, 2.75) is 0 Å². The molecule has 1 N–H and O–H groups in total. The first kappa shape index (κ1) is 15.0. The molecule has 23 heavy (non-hydrogen) atoms. The highest BCUT2D eigenvalue weighted by atomic mass is 35.5. The number of benzene rings is 3. The lowest BCUT2D eigenvalue weighted by atomic mass is 10.0. The number of halogens is 1. The minimum Gasteiger partial charge on any atom is -0.507 e. The Balaban J connectivity index is 2.06. The molecule has 6 heteroatoms. The molecule has 0 aliphatic carbocycles. The van der Waals surface area contributed by atoms with Crippen LogP contribution in [0.5, 0.6) is 5.75 Å². The zero-order chi connectivity index (χ0) is 16.4. The van der Waals surface area contributed by atoms with Crippen molar-refractivity contribution in [3.05, 3.63) is 75.3 Å². The van der Waals surface area contributed by atoms with Gasteiger partial charge < -0.3 is 5.11 Å². The van der Waals surface area contributed by atoms with E-state index >= 15 is 0 Å². The maximum Gasteiger partial charge on any atom is 0.290 e. The van der Waals surface area contributed by atoms with Crippen LogP contribution in [0.4, 0.5) is 11.4 Å². The Hall–Kier alpha value is -2.92. The van der Waals surface area contributed by atoms with Gasteiger partial charge in [-0.1, -0.05) is 41.9 Å². The van der Waals surface area contributed by atoms with Crippen LogP contribution in [-0.2, 0) is 0 Å².